The van der Waals surface area contributed by atoms with Crippen LogP contribution >= 0.6 is 0 Å². The minimum atomic E-state index is -0.204. The van der Waals surface area contributed by atoms with Gasteiger partial charge in [0, 0.05) is 49.1 Å². The molecule has 0 atom stereocenters. The number of anilines is 1. The Morgan fingerprint density at radius 1 is 1.21 bits per heavy atom. The fourth-order valence-electron chi connectivity index (χ4n) is 3.54. The van der Waals surface area contributed by atoms with E-state index < -0.39 is 0 Å². The van der Waals surface area contributed by atoms with Crippen LogP contribution in [0, 0.1) is 0 Å². The molecular formula is C20H24N6O2. The maximum absolute atomic E-state index is 12.3. The number of para-hydroxylation sites is 1. The highest BCUT2D eigenvalue weighted by Gasteiger charge is 2.13. The second kappa shape index (κ2) is 8.18. The smallest absolute Gasteiger partial charge is 0.327 e. The fourth-order valence-corrected chi connectivity index (χ4v) is 3.54. The van der Waals surface area contributed by atoms with E-state index in [1.165, 1.54) is 10.9 Å². The van der Waals surface area contributed by atoms with Crippen LogP contribution in [-0.4, -0.2) is 35.7 Å². The molecule has 8 nitrogen and oxygen atoms in total. The number of benzene rings is 1. The minimum Gasteiger partial charge on any atom is -0.390 e. The molecule has 0 saturated carbocycles. The Morgan fingerprint density at radius 2 is 2.11 bits per heavy atom. The van der Waals surface area contributed by atoms with E-state index in [0.717, 1.165) is 24.9 Å². The molecule has 28 heavy (non-hydrogen) atoms. The highest BCUT2D eigenvalue weighted by atomic mass is 16.3. The van der Waals surface area contributed by atoms with Crippen molar-refractivity contribution in [2.75, 3.05) is 11.9 Å². The van der Waals surface area contributed by atoms with Crippen molar-refractivity contribution in [3.8, 4) is 0 Å². The molecule has 1 aromatic carbocycles. The van der Waals surface area contributed by atoms with Gasteiger partial charge in [-0.15, -0.1) is 0 Å². The zero-order chi connectivity index (χ0) is 19.3. The van der Waals surface area contributed by atoms with Gasteiger partial charge in [0.1, 0.15) is 5.82 Å². The van der Waals surface area contributed by atoms with Gasteiger partial charge in [-0.25, -0.2) is 9.78 Å². The summed E-state index contributed by atoms with van der Waals surface area (Å²) in [5.41, 5.74) is 2.72. The van der Waals surface area contributed by atoms with Crippen molar-refractivity contribution in [2.24, 2.45) is 0 Å². The standard InChI is InChI=1S/C20H24N6O2/c27-13-18-19(22-7-6-15-12-23-17-5-2-1-4-16(15)17)24-20(28)26(18)10-3-9-25-11-8-21-14-25/h1-2,4-5,8,11-12,14,22-23,27H,3,6-7,9-10,13H2,(H,24,28). The molecule has 4 rings (SSSR count). The van der Waals surface area contributed by atoms with Crippen LogP contribution in [0.3, 0.4) is 0 Å². The van der Waals surface area contributed by atoms with Crippen molar-refractivity contribution >= 4 is 16.7 Å². The number of H-pyrrole nitrogens is 2. The summed E-state index contributed by atoms with van der Waals surface area (Å²) in [6.45, 7) is 1.77. The number of nitrogens with zero attached hydrogens (tertiary/aromatic N) is 3. The number of imidazole rings is 2. The highest BCUT2D eigenvalue weighted by Crippen LogP contribution is 2.18. The topological polar surface area (TPSA) is 104 Å². The lowest BCUT2D eigenvalue weighted by molar-refractivity contribution is 0.270. The third-order valence-electron chi connectivity index (χ3n) is 4.97. The predicted octanol–water partition coefficient (Wildman–Crippen LogP) is 2.09. The van der Waals surface area contributed by atoms with E-state index in [1.807, 2.05) is 29.1 Å². The van der Waals surface area contributed by atoms with Crippen LogP contribution < -0.4 is 11.0 Å². The first-order valence-corrected chi connectivity index (χ1v) is 9.43. The van der Waals surface area contributed by atoms with Gasteiger partial charge >= 0.3 is 5.69 Å². The van der Waals surface area contributed by atoms with Crippen molar-refractivity contribution in [3.63, 3.8) is 0 Å². The van der Waals surface area contributed by atoms with Crippen LogP contribution in [0.25, 0.3) is 10.9 Å². The molecule has 0 aliphatic carbocycles. The number of aliphatic hydroxyl groups is 1. The van der Waals surface area contributed by atoms with Crippen molar-refractivity contribution < 1.29 is 5.11 Å². The second-order valence-electron chi connectivity index (χ2n) is 6.75. The summed E-state index contributed by atoms with van der Waals surface area (Å²) in [7, 11) is 0. The van der Waals surface area contributed by atoms with E-state index in [1.54, 1.807) is 17.1 Å². The zero-order valence-electron chi connectivity index (χ0n) is 15.6. The summed E-state index contributed by atoms with van der Waals surface area (Å²) < 4.78 is 3.57. The molecule has 0 saturated heterocycles. The van der Waals surface area contributed by atoms with Crippen LogP contribution in [-0.2, 0) is 26.1 Å². The molecule has 0 fully saturated rings. The van der Waals surface area contributed by atoms with Gasteiger partial charge in [0.05, 0.1) is 18.6 Å². The average molecular weight is 380 g/mol. The predicted molar refractivity (Wildman–Crippen MR) is 108 cm³/mol. The molecule has 0 spiro atoms. The SMILES string of the molecule is O=c1[nH]c(NCCc2c[nH]c3ccccc23)c(CO)n1CCCn1ccnc1. The molecule has 3 heterocycles. The molecular weight excluding hydrogens is 356 g/mol. The van der Waals surface area contributed by atoms with Gasteiger partial charge in [-0.2, -0.15) is 0 Å². The summed E-state index contributed by atoms with van der Waals surface area (Å²) in [4.78, 5) is 22.4. The van der Waals surface area contributed by atoms with Crippen molar-refractivity contribution in [1.82, 2.24) is 24.1 Å². The summed E-state index contributed by atoms with van der Waals surface area (Å²) in [5.74, 6) is 0.593. The zero-order valence-corrected chi connectivity index (χ0v) is 15.6. The largest absolute Gasteiger partial charge is 0.390 e. The van der Waals surface area contributed by atoms with Gasteiger partial charge in [0.15, 0.2) is 0 Å². The van der Waals surface area contributed by atoms with Gasteiger partial charge in [-0.1, -0.05) is 18.2 Å². The van der Waals surface area contributed by atoms with Crippen LogP contribution in [0.15, 0.2) is 54.0 Å². The van der Waals surface area contributed by atoms with Crippen LogP contribution in [0.5, 0.6) is 0 Å². The molecule has 4 N–H and O–H groups in total. The number of hydrogen-bond donors (Lipinski definition) is 4. The summed E-state index contributed by atoms with van der Waals surface area (Å²) in [5, 5.41) is 14.3. The first-order chi connectivity index (χ1) is 13.8. The lowest BCUT2D eigenvalue weighted by Crippen LogP contribution is -2.19. The van der Waals surface area contributed by atoms with E-state index in [-0.39, 0.29) is 12.3 Å². The number of aromatic amines is 2. The van der Waals surface area contributed by atoms with E-state index in [4.69, 9.17) is 0 Å². The summed E-state index contributed by atoms with van der Waals surface area (Å²) >= 11 is 0. The van der Waals surface area contributed by atoms with Gasteiger partial charge in [-0.05, 0) is 24.5 Å². The third-order valence-corrected chi connectivity index (χ3v) is 4.97. The van der Waals surface area contributed by atoms with E-state index in [0.29, 0.717) is 24.6 Å². The normalized spacial score (nSPS) is 11.3. The van der Waals surface area contributed by atoms with Crippen LogP contribution in [0.1, 0.15) is 17.7 Å². The number of aryl methyl sites for hydroxylation is 1. The number of aliphatic hydroxyl groups excluding tert-OH is 1. The first kappa shape index (κ1) is 18.1. The van der Waals surface area contributed by atoms with Crippen molar-refractivity contribution in [3.05, 3.63) is 70.9 Å². The van der Waals surface area contributed by atoms with Gasteiger partial charge in [0.2, 0.25) is 0 Å². The Balaban J connectivity index is 1.39. The van der Waals surface area contributed by atoms with Crippen molar-refractivity contribution in [1.29, 1.82) is 0 Å². The van der Waals surface area contributed by atoms with E-state index in [9.17, 15) is 9.90 Å². The quantitative estimate of drug-likeness (QED) is 0.357. The van der Waals surface area contributed by atoms with Crippen molar-refractivity contribution in [2.45, 2.75) is 32.5 Å². The summed E-state index contributed by atoms with van der Waals surface area (Å²) in [6, 6.07) is 8.18. The second-order valence-corrected chi connectivity index (χ2v) is 6.75. The number of nitrogens with one attached hydrogen (secondary N) is 3. The Bertz CT molecular complexity index is 1090. The monoisotopic (exact) mass is 380 g/mol. The van der Waals surface area contributed by atoms with E-state index >= 15 is 0 Å². The number of hydrogen-bond acceptors (Lipinski definition) is 4. The Labute approximate surface area is 161 Å². The average Bonchev–Trinajstić information content (AvgIpc) is 3.42. The Hall–Kier alpha value is -3.26. The van der Waals surface area contributed by atoms with Gasteiger partial charge < -0.3 is 20.0 Å². The van der Waals surface area contributed by atoms with E-state index in [2.05, 4.69) is 32.4 Å². The molecule has 0 aliphatic rings. The molecule has 146 valence electrons. The number of aromatic nitrogens is 5. The number of fused-ring (bicyclic) bond motifs is 1. The van der Waals surface area contributed by atoms with Crippen LogP contribution in [0.4, 0.5) is 5.82 Å². The molecule has 4 aromatic rings. The molecule has 0 amide bonds. The Morgan fingerprint density at radius 3 is 2.93 bits per heavy atom. The lowest BCUT2D eigenvalue weighted by atomic mass is 10.1. The summed E-state index contributed by atoms with van der Waals surface area (Å²) in [6.07, 6.45) is 8.98. The van der Waals surface area contributed by atoms with Gasteiger partial charge in [-0.3, -0.25) is 9.55 Å². The number of rotatable bonds is 9. The van der Waals surface area contributed by atoms with Gasteiger partial charge in [0.25, 0.3) is 0 Å². The highest BCUT2D eigenvalue weighted by molar-refractivity contribution is 5.83. The maximum atomic E-state index is 12.3. The molecule has 8 heteroatoms. The first-order valence-electron chi connectivity index (χ1n) is 9.43. The minimum absolute atomic E-state index is 0.195. The molecule has 0 aliphatic heterocycles. The fraction of sp³-hybridized carbons (Fsp3) is 0.300. The molecule has 0 bridgehead atoms. The lowest BCUT2D eigenvalue weighted by Gasteiger charge is -2.09. The third kappa shape index (κ3) is 3.72. The van der Waals surface area contributed by atoms with Crippen LogP contribution in [0.2, 0.25) is 0 Å². The molecule has 3 aromatic heterocycles. The Kier molecular flexibility index (Phi) is 5.29. The molecule has 0 unspecified atom stereocenters. The molecule has 0 radical (unpaired) electrons. The maximum Gasteiger partial charge on any atom is 0.327 e.